The molecule has 1 aliphatic rings. The van der Waals surface area contributed by atoms with Crippen molar-refractivity contribution >= 4 is 16.9 Å². The van der Waals surface area contributed by atoms with Gasteiger partial charge in [-0.3, -0.25) is 0 Å². The van der Waals surface area contributed by atoms with Crippen LogP contribution in [0.5, 0.6) is 0 Å². The number of aromatic nitrogens is 2. The van der Waals surface area contributed by atoms with Gasteiger partial charge in [0.25, 0.3) is 0 Å². The molecule has 4 nitrogen and oxygen atoms in total. The van der Waals surface area contributed by atoms with Gasteiger partial charge in [0.05, 0.1) is 16.7 Å². The van der Waals surface area contributed by atoms with Crippen LogP contribution in [0.4, 0.5) is 5.82 Å². The number of fused-ring (bicyclic) bond motifs is 1. The molecule has 4 heteroatoms. The third-order valence-corrected chi connectivity index (χ3v) is 4.47. The van der Waals surface area contributed by atoms with Crippen LogP contribution in [-0.4, -0.2) is 29.6 Å². The molecule has 0 aliphatic heterocycles. The molecular weight excluding hydrogens is 248 g/mol. The Balaban J connectivity index is 1.98. The molecular formula is C16H22N4. The molecule has 0 saturated heterocycles. The highest BCUT2D eigenvalue weighted by Gasteiger charge is 2.30. The summed E-state index contributed by atoms with van der Waals surface area (Å²) in [4.78, 5) is 11.8. The quantitative estimate of drug-likeness (QED) is 0.931. The summed E-state index contributed by atoms with van der Waals surface area (Å²) < 4.78 is 0. The summed E-state index contributed by atoms with van der Waals surface area (Å²) in [5.74, 6) is 1.57. The predicted octanol–water partition coefficient (Wildman–Crippen LogP) is 2.50. The molecule has 0 radical (unpaired) electrons. The lowest BCUT2D eigenvalue weighted by Crippen LogP contribution is -2.38. The van der Waals surface area contributed by atoms with Crippen molar-refractivity contribution in [1.82, 2.24) is 9.97 Å². The number of nitrogens with zero attached hydrogens (tertiary/aromatic N) is 3. The highest BCUT2D eigenvalue weighted by Crippen LogP contribution is 2.32. The monoisotopic (exact) mass is 270 g/mol. The van der Waals surface area contributed by atoms with Crippen LogP contribution in [0.2, 0.25) is 0 Å². The largest absolute Gasteiger partial charge is 0.355 e. The summed E-state index contributed by atoms with van der Waals surface area (Å²) in [6.45, 7) is 2.80. The second kappa shape index (κ2) is 5.37. The minimum absolute atomic E-state index is 0.495. The topological polar surface area (TPSA) is 55.0 Å². The number of para-hydroxylation sites is 2. The van der Waals surface area contributed by atoms with Gasteiger partial charge in [-0.1, -0.05) is 18.6 Å². The standard InChI is InChI=1S/C16H22N4/c1-11-16(19-14-8-4-3-7-13(14)18-11)20(2)15-9-5-6-12(15)10-17/h3-4,7-8,12,15H,5-6,9-10,17H2,1-2H3. The van der Waals surface area contributed by atoms with Gasteiger partial charge in [-0.25, -0.2) is 9.97 Å². The average Bonchev–Trinajstić information content (AvgIpc) is 2.94. The van der Waals surface area contributed by atoms with Crippen molar-refractivity contribution in [1.29, 1.82) is 0 Å². The Labute approximate surface area is 120 Å². The number of benzene rings is 1. The molecule has 2 aromatic rings. The van der Waals surface area contributed by atoms with Crippen molar-refractivity contribution in [2.75, 3.05) is 18.5 Å². The van der Waals surface area contributed by atoms with Crippen LogP contribution in [0.1, 0.15) is 25.0 Å². The van der Waals surface area contributed by atoms with Crippen LogP contribution >= 0.6 is 0 Å². The van der Waals surface area contributed by atoms with E-state index in [0.717, 1.165) is 29.1 Å². The summed E-state index contributed by atoms with van der Waals surface area (Å²) in [6, 6.07) is 8.54. The molecule has 20 heavy (non-hydrogen) atoms. The number of anilines is 1. The number of rotatable bonds is 3. The van der Waals surface area contributed by atoms with Crippen molar-refractivity contribution < 1.29 is 0 Å². The van der Waals surface area contributed by atoms with E-state index in [4.69, 9.17) is 10.7 Å². The second-order valence-corrected chi connectivity index (χ2v) is 5.73. The maximum absolute atomic E-state index is 5.91. The highest BCUT2D eigenvalue weighted by molar-refractivity contribution is 5.76. The van der Waals surface area contributed by atoms with E-state index >= 15 is 0 Å². The Hall–Kier alpha value is -1.68. The fourth-order valence-corrected chi connectivity index (χ4v) is 3.37. The van der Waals surface area contributed by atoms with E-state index in [-0.39, 0.29) is 0 Å². The van der Waals surface area contributed by atoms with Crippen molar-refractivity contribution in [3.8, 4) is 0 Å². The van der Waals surface area contributed by atoms with Crippen LogP contribution in [0.3, 0.4) is 0 Å². The maximum atomic E-state index is 5.91. The van der Waals surface area contributed by atoms with Crippen LogP contribution in [0.15, 0.2) is 24.3 Å². The lowest BCUT2D eigenvalue weighted by Gasteiger charge is -2.31. The van der Waals surface area contributed by atoms with E-state index in [2.05, 4.69) is 16.9 Å². The summed E-state index contributed by atoms with van der Waals surface area (Å²) in [5.41, 5.74) is 8.82. The van der Waals surface area contributed by atoms with Gasteiger partial charge in [0.2, 0.25) is 0 Å². The number of hydrogen-bond donors (Lipinski definition) is 1. The first-order chi connectivity index (χ1) is 9.70. The summed E-state index contributed by atoms with van der Waals surface area (Å²) in [5, 5.41) is 0. The summed E-state index contributed by atoms with van der Waals surface area (Å²) in [6.07, 6.45) is 3.69. The Morgan fingerprint density at radius 3 is 2.60 bits per heavy atom. The number of nitrogens with two attached hydrogens (primary N) is 1. The van der Waals surface area contributed by atoms with E-state index < -0.39 is 0 Å². The lowest BCUT2D eigenvalue weighted by molar-refractivity contribution is 0.471. The van der Waals surface area contributed by atoms with Gasteiger partial charge in [-0.05, 0) is 44.4 Å². The molecule has 2 atom stereocenters. The molecule has 0 spiro atoms. The molecule has 1 fully saturated rings. The van der Waals surface area contributed by atoms with Crippen molar-refractivity contribution in [2.45, 2.75) is 32.2 Å². The van der Waals surface area contributed by atoms with Crippen LogP contribution < -0.4 is 10.6 Å². The van der Waals surface area contributed by atoms with Crippen LogP contribution in [-0.2, 0) is 0 Å². The third-order valence-electron chi connectivity index (χ3n) is 4.47. The minimum Gasteiger partial charge on any atom is -0.355 e. The maximum Gasteiger partial charge on any atom is 0.150 e. The van der Waals surface area contributed by atoms with Crippen molar-refractivity contribution in [3.63, 3.8) is 0 Å². The van der Waals surface area contributed by atoms with E-state index in [1.54, 1.807) is 0 Å². The van der Waals surface area contributed by atoms with Gasteiger partial charge in [-0.15, -0.1) is 0 Å². The molecule has 3 rings (SSSR count). The highest BCUT2D eigenvalue weighted by atomic mass is 15.2. The zero-order valence-electron chi connectivity index (χ0n) is 12.2. The lowest BCUT2D eigenvalue weighted by atomic mass is 10.0. The van der Waals surface area contributed by atoms with Gasteiger partial charge in [0.1, 0.15) is 0 Å². The molecule has 1 aliphatic carbocycles. The third kappa shape index (κ3) is 2.24. The normalized spacial score (nSPS) is 22.4. The fourth-order valence-electron chi connectivity index (χ4n) is 3.37. The van der Waals surface area contributed by atoms with Gasteiger partial charge < -0.3 is 10.6 Å². The van der Waals surface area contributed by atoms with Crippen LogP contribution in [0, 0.1) is 12.8 Å². The number of aryl methyl sites for hydroxylation is 1. The van der Waals surface area contributed by atoms with E-state index in [1.165, 1.54) is 19.3 Å². The molecule has 1 aromatic heterocycles. The van der Waals surface area contributed by atoms with Crippen molar-refractivity contribution in [3.05, 3.63) is 30.0 Å². The van der Waals surface area contributed by atoms with Gasteiger partial charge >= 0.3 is 0 Å². The molecule has 1 saturated carbocycles. The Morgan fingerprint density at radius 2 is 1.90 bits per heavy atom. The summed E-state index contributed by atoms with van der Waals surface area (Å²) >= 11 is 0. The molecule has 2 unspecified atom stereocenters. The Kier molecular flexibility index (Phi) is 3.57. The second-order valence-electron chi connectivity index (χ2n) is 5.73. The SMILES string of the molecule is Cc1nc2ccccc2nc1N(C)C1CCCC1CN. The van der Waals surface area contributed by atoms with E-state index in [9.17, 15) is 0 Å². The van der Waals surface area contributed by atoms with E-state index in [1.807, 2.05) is 31.2 Å². The predicted molar refractivity (Wildman–Crippen MR) is 82.9 cm³/mol. The summed E-state index contributed by atoms with van der Waals surface area (Å²) in [7, 11) is 2.13. The fraction of sp³-hybridized carbons (Fsp3) is 0.500. The Morgan fingerprint density at radius 1 is 1.20 bits per heavy atom. The van der Waals surface area contributed by atoms with Gasteiger partial charge in [0.15, 0.2) is 5.82 Å². The van der Waals surface area contributed by atoms with Gasteiger partial charge in [-0.2, -0.15) is 0 Å². The molecule has 2 N–H and O–H groups in total. The first-order valence-corrected chi connectivity index (χ1v) is 7.37. The van der Waals surface area contributed by atoms with Crippen LogP contribution in [0.25, 0.3) is 11.0 Å². The van der Waals surface area contributed by atoms with E-state index in [0.29, 0.717) is 12.0 Å². The number of hydrogen-bond acceptors (Lipinski definition) is 4. The Bertz CT molecular complexity index is 610. The first kappa shape index (κ1) is 13.3. The molecule has 0 bridgehead atoms. The molecule has 1 heterocycles. The molecule has 1 aromatic carbocycles. The minimum atomic E-state index is 0.495. The zero-order chi connectivity index (χ0) is 14.1. The molecule has 106 valence electrons. The smallest absolute Gasteiger partial charge is 0.150 e. The van der Waals surface area contributed by atoms with Gasteiger partial charge in [0, 0.05) is 13.1 Å². The first-order valence-electron chi connectivity index (χ1n) is 7.37. The molecule has 0 amide bonds. The van der Waals surface area contributed by atoms with Crippen molar-refractivity contribution in [2.24, 2.45) is 11.7 Å². The average molecular weight is 270 g/mol. The zero-order valence-corrected chi connectivity index (χ0v) is 12.2.